The zero-order valence-corrected chi connectivity index (χ0v) is 8.37. The Morgan fingerprint density at radius 1 is 1.57 bits per heavy atom. The lowest BCUT2D eigenvalue weighted by Gasteiger charge is -2.11. The molecule has 0 fully saturated rings. The molecule has 0 amide bonds. The molecule has 0 saturated carbocycles. The molecule has 5 heteroatoms. The van der Waals surface area contributed by atoms with E-state index in [1.807, 2.05) is 13.8 Å². The van der Waals surface area contributed by atoms with Gasteiger partial charge in [-0.05, 0) is 19.4 Å². The summed E-state index contributed by atoms with van der Waals surface area (Å²) >= 11 is 0. The monoisotopic (exact) mass is 203 g/mol. The van der Waals surface area contributed by atoms with Crippen LogP contribution in [0.15, 0.2) is 12.4 Å². The Balaban J connectivity index is 2.69. The average Bonchev–Trinajstić information content (AvgIpc) is 2.52. The van der Waals surface area contributed by atoms with Crippen molar-refractivity contribution < 1.29 is 8.78 Å². The molecule has 0 aliphatic heterocycles. The van der Waals surface area contributed by atoms with E-state index < -0.39 is 12.5 Å². The molecule has 0 aromatic carbocycles. The average molecular weight is 203 g/mol. The van der Waals surface area contributed by atoms with Gasteiger partial charge in [-0.25, -0.2) is 8.78 Å². The number of nitrogens with zero attached hydrogens (tertiary/aromatic N) is 2. The molecule has 1 aromatic rings. The third kappa shape index (κ3) is 2.77. The van der Waals surface area contributed by atoms with Gasteiger partial charge in [0.25, 0.3) is 5.92 Å². The number of alkyl halides is 2. The van der Waals surface area contributed by atoms with E-state index in [1.165, 1.54) is 6.20 Å². The molecule has 1 rings (SSSR count). The first-order valence-electron chi connectivity index (χ1n) is 4.55. The first-order chi connectivity index (χ1) is 6.44. The van der Waals surface area contributed by atoms with Gasteiger partial charge in [-0.1, -0.05) is 0 Å². The van der Waals surface area contributed by atoms with E-state index in [4.69, 9.17) is 5.73 Å². The van der Waals surface area contributed by atoms with E-state index in [-0.39, 0.29) is 12.5 Å². The van der Waals surface area contributed by atoms with Crippen LogP contribution < -0.4 is 5.73 Å². The Labute approximate surface area is 81.9 Å². The summed E-state index contributed by atoms with van der Waals surface area (Å²) in [7, 11) is 0. The van der Waals surface area contributed by atoms with Crippen molar-refractivity contribution in [3.8, 4) is 0 Å². The molecule has 80 valence electrons. The quantitative estimate of drug-likeness (QED) is 0.807. The van der Waals surface area contributed by atoms with E-state index in [0.717, 1.165) is 0 Å². The normalized spacial score (nSPS) is 12.4. The highest BCUT2D eigenvalue weighted by atomic mass is 19.3. The molecule has 1 heterocycles. The maximum Gasteiger partial charge on any atom is 0.264 e. The highest BCUT2D eigenvalue weighted by molar-refractivity contribution is 5.07. The second-order valence-corrected chi connectivity index (χ2v) is 3.66. The van der Waals surface area contributed by atoms with Gasteiger partial charge in [-0.3, -0.25) is 4.68 Å². The Bertz CT molecular complexity index is 294. The third-order valence-electron chi connectivity index (χ3n) is 1.95. The van der Waals surface area contributed by atoms with Gasteiger partial charge in [-0.2, -0.15) is 5.10 Å². The second-order valence-electron chi connectivity index (χ2n) is 3.66. The summed E-state index contributed by atoms with van der Waals surface area (Å²) in [5.74, 6) is -2.83. The molecule has 0 aliphatic carbocycles. The summed E-state index contributed by atoms with van der Waals surface area (Å²) in [6.07, 6.45) is 2.76. The minimum atomic E-state index is -2.83. The highest BCUT2D eigenvalue weighted by Crippen LogP contribution is 2.18. The van der Waals surface area contributed by atoms with Gasteiger partial charge < -0.3 is 5.73 Å². The lowest BCUT2D eigenvalue weighted by Crippen LogP contribution is -2.29. The smallest absolute Gasteiger partial charge is 0.264 e. The van der Waals surface area contributed by atoms with Crippen LogP contribution in [0.4, 0.5) is 8.78 Å². The SMILES string of the molecule is CC(C)n1cc(CC(F)(F)CN)cn1. The number of aromatic nitrogens is 2. The van der Waals surface area contributed by atoms with Crippen molar-refractivity contribution in [2.24, 2.45) is 5.73 Å². The first-order valence-corrected chi connectivity index (χ1v) is 4.55. The van der Waals surface area contributed by atoms with Gasteiger partial charge in [0.1, 0.15) is 0 Å². The van der Waals surface area contributed by atoms with Crippen molar-refractivity contribution in [3.05, 3.63) is 18.0 Å². The molecule has 0 atom stereocenters. The van der Waals surface area contributed by atoms with Gasteiger partial charge in [0, 0.05) is 18.7 Å². The van der Waals surface area contributed by atoms with Crippen LogP contribution in [0.25, 0.3) is 0 Å². The second kappa shape index (κ2) is 4.04. The molecule has 0 spiro atoms. The van der Waals surface area contributed by atoms with Gasteiger partial charge >= 0.3 is 0 Å². The van der Waals surface area contributed by atoms with Crippen LogP contribution in [0, 0.1) is 0 Å². The molecule has 0 aliphatic rings. The van der Waals surface area contributed by atoms with E-state index in [9.17, 15) is 8.78 Å². The molecule has 0 bridgehead atoms. The van der Waals surface area contributed by atoms with E-state index in [2.05, 4.69) is 5.10 Å². The van der Waals surface area contributed by atoms with E-state index >= 15 is 0 Å². The fraction of sp³-hybridized carbons (Fsp3) is 0.667. The molecular formula is C9H15F2N3. The summed E-state index contributed by atoms with van der Waals surface area (Å²) in [5, 5.41) is 3.98. The maximum absolute atomic E-state index is 12.9. The minimum Gasteiger partial charge on any atom is -0.325 e. The maximum atomic E-state index is 12.9. The number of halogens is 2. The van der Waals surface area contributed by atoms with E-state index in [1.54, 1.807) is 10.9 Å². The van der Waals surface area contributed by atoms with Gasteiger partial charge in [-0.15, -0.1) is 0 Å². The van der Waals surface area contributed by atoms with Crippen molar-refractivity contribution in [2.75, 3.05) is 6.54 Å². The van der Waals surface area contributed by atoms with Crippen LogP contribution in [0.5, 0.6) is 0 Å². The Kier molecular flexibility index (Phi) is 3.21. The van der Waals surface area contributed by atoms with E-state index in [0.29, 0.717) is 5.56 Å². The number of hydrogen-bond donors (Lipinski definition) is 1. The van der Waals surface area contributed by atoms with Crippen molar-refractivity contribution >= 4 is 0 Å². The number of rotatable bonds is 4. The number of hydrogen-bond acceptors (Lipinski definition) is 2. The van der Waals surface area contributed by atoms with Crippen molar-refractivity contribution in [1.82, 2.24) is 9.78 Å². The molecule has 0 radical (unpaired) electrons. The molecule has 3 nitrogen and oxygen atoms in total. The minimum absolute atomic E-state index is 0.190. The van der Waals surface area contributed by atoms with Crippen LogP contribution in [0.2, 0.25) is 0 Å². The predicted molar refractivity (Wildman–Crippen MR) is 50.3 cm³/mol. The Morgan fingerprint density at radius 2 is 2.21 bits per heavy atom. The zero-order chi connectivity index (χ0) is 10.8. The van der Waals surface area contributed by atoms with Crippen LogP contribution in [0.3, 0.4) is 0 Å². The van der Waals surface area contributed by atoms with Crippen LogP contribution >= 0.6 is 0 Å². The molecule has 14 heavy (non-hydrogen) atoms. The standard InChI is InChI=1S/C9H15F2N3/c1-7(2)14-5-8(4-13-14)3-9(10,11)6-12/h4-5,7H,3,6,12H2,1-2H3. The summed E-state index contributed by atoms with van der Waals surface area (Å²) in [6, 6.07) is 0.190. The lowest BCUT2D eigenvalue weighted by atomic mass is 10.1. The number of nitrogens with two attached hydrogens (primary N) is 1. The molecule has 0 saturated heterocycles. The van der Waals surface area contributed by atoms with Crippen molar-refractivity contribution in [3.63, 3.8) is 0 Å². The van der Waals surface area contributed by atoms with Gasteiger partial charge in [0.2, 0.25) is 0 Å². The van der Waals surface area contributed by atoms with Crippen LogP contribution in [-0.2, 0) is 6.42 Å². The van der Waals surface area contributed by atoms with Gasteiger partial charge in [0.05, 0.1) is 12.7 Å². The van der Waals surface area contributed by atoms with Crippen LogP contribution in [-0.4, -0.2) is 22.2 Å². The first kappa shape index (κ1) is 11.1. The topological polar surface area (TPSA) is 43.8 Å². The fourth-order valence-electron chi connectivity index (χ4n) is 1.12. The predicted octanol–water partition coefficient (Wildman–Crippen LogP) is 1.60. The van der Waals surface area contributed by atoms with Crippen molar-refractivity contribution in [1.29, 1.82) is 0 Å². The molecule has 0 unspecified atom stereocenters. The van der Waals surface area contributed by atoms with Gasteiger partial charge in [0.15, 0.2) is 0 Å². The summed E-state index contributed by atoms with van der Waals surface area (Å²) in [5.41, 5.74) is 5.47. The Morgan fingerprint density at radius 3 is 2.64 bits per heavy atom. The highest BCUT2D eigenvalue weighted by Gasteiger charge is 2.27. The van der Waals surface area contributed by atoms with Crippen molar-refractivity contribution in [2.45, 2.75) is 32.2 Å². The lowest BCUT2D eigenvalue weighted by molar-refractivity contribution is 0.0114. The van der Waals surface area contributed by atoms with Crippen LogP contribution in [0.1, 0.15) is 25.5 Å². The summed E-state index contributed by atoms with van der Waals surface area (Å²) < 4.78 is 27.4. The third-order valence-corrected chi connectivity index (χ3v) is 1.95. The molecule has 1 aromatic heterocycles. The summed E-state index contributed by atoms with van der Waals surface area (Å²) in [6.45, 7) is 3.26. The molecular weight excluding hydrogens is 188 g/mol. The summed E-state index contributed by atoms with van der Waals surface area (Å²) in [4.78, 5) is 0. The zero-order valence-electron chi connectivity index (χ0n) is 8.37. The Hall–Kier alpha value is -0.970. The largest absolute Gasteiger partial charge is 0.325 e. The fourth-order valence-corrected chi connectivity index (χ4v) is 1.12. The molecule has 2 N–H and O–H groups in total.